The molecule has 0 saturated carbocycles. The largest absolute Gasteiger partial charge is 0.426 e. The number of nitrogens with one attached hydrogen (secondary N) is 1. The lowest BCUT2D eigenvalue weighted by molar-refractivity contribution is 0.358. The Hall–Kier alpha value is -1.80. The first-order valence-corrected chi connectivity index (χ1v) is 5.52. The first kappa shape index (κ1) is 11.7. The molecule has 1 heterocycles. The molecular formula is C12H14FN3O. The van der Waals surface area contributed by atoms with Crippen LogP contribution in [0.4, 0.5) is 10.1 Å². The molecule has 1 N–H and O–H groups in total. The van der Waals surface area contributed by atoms with E-state index in [0.717, 1.165) is 26.2 Å². The first-order chi connectivity index (χ1) is 8.31. The molecule has 2 rings (SSSR count). The average Bonchev–Trinajstić information content (AvgIpc) is 2.37. The third-order valence-electron chi connectivity index (χ3n) is 2.67. The predicted octanol–water partition coefficient (Wildman–Crippen LogP) is 1.49. The van der Waals surface area contributed by atoms with E-state index in [-0.39, 0.29) is 12.5 Å². The molecule has 1 aliphatic heterocycles. The highest BCUT2D eigenvalue weighted by atomic mass is 19.1. The van der Waals surface area contributed by atoms with Gasteiger partial charge >= 0.3 is 6.73 Å². The summed E-state index contributed by atoms with van der Waals surface area (Å²) in [6.45, 7) is 9.87. The van der Waals surface area contributed by atoms with Crippen molar-refractivity contribution in [2.75, 3.05) is 37.8 Å². The van der Waals surface area contributed by atoms with Crippen LogP contribution in [-0.2, 0) is 0 Å². The summed E-state index contributed by atoms with van der Waals surface area (Å²) in [6.07, 6.45) is 0. The smallest absolute Gasteiger partial charge is 0.357 e. The second-order valence-electron chi connectivity index (χ2n) is 3.78. The van der Waals surface area contributed by atoms with E-state index >= 15 is 0 Å². The van der Waals surface area contributed by atoms with Crippen molar-refractivity contribution in [1.82, 2.24) is 5.32 Å². The fraction of sp³-hybridized carbons (Fsp3) is 0.417. The molecule has 0 aromatic heterocycles. The Labute approximate surface area is 99.8 Å². The fourth-order valence-corrected chi connectivity index (χ4v) is 1.85. The molecule has 1 aromatic rings. The summed E-state index contributed by atoms with van der Waals surface area (Å²) in [7, 11) is 0. The molecule has 0 bridgehead atoms. The van der Waals surface area contributed by atoms with Gasteiger partial charge in [0.05, 0.1) is 5.69 Å². The van der Waals surface area contributed by atoms with Gasteiger partial charge in [-0.25, -0.2) is 11.0 Å². The highest BCUT2D eigenvalue weighted by Crippen LogP contribution is 2.24. The molecular weight excluding hydrogens is 221 g/mol. The Morgan fingerprint density at radius 2 is 2.18 bits per heavy atom. The summed E-state index contributed by atoms with van der Waals surface area (Å²) < 4.78 is 18.9. The number of nitrogens with zero attached hydrogens (tertiary/aromatic N) is 2. The second-order valence-corrected chi connectivity index (χ2v) is 3.78. The molecule has 0 atom stereocenters. The summed E-state index contributed by atoms with van der Waals surface area (Å²) in [5.41, 5.74) is 0.599. The molecule has 0 amide bonds. The summed E-state index contributed by atoms with van der Waals surface area (Å²) in [5, 5.41) is 3.22. The number of piperazine rings is 1. The Kier molecular flexibility index (Phi) is 3.78. The van der Waals surface area contributed by atoms with E-state index in [2.05, 4.69) is 10.2 Å². The third-order valence-corrected chi connectivity index (χ3v) is 2.67. The molecule has 1 aromatic carbocycles. The quantitative estimate of drug-likeness (QED) is 0.805. The number of halogens is 1. The van der Waals surface area contributed by atoms with Crippen molar-refractivity contribution in [3.63, 3.8) is 0 Å². The van der Waals surface area contributed by atoms with Gasteiger partial charge in [-0.1, -0.05) is 0 Å². The van der Waals surface area contributed by atoms with Gasteiger partial charge in [-0.05, 0) is 12.1 Å². The van der Waals surface area contributed by atoms with Gasteiger partial charge in [-0.2, -0.15) is 0 Å². The maximum Gasteiger partial charge on any atom is 0.357 e. The topological polar surface area (TPSA) is 28.9 Å². The number of hydrogen-bond acceptors (Lipinski definition) is 3. The average molecular weight is 235 g/mol. The van der Waals surface area contributed by atoms with Gasteiger partial charge in [-0.15, -0.1) is 0 Å². The first-order valence-electron chi connectivity index (χ1n) is 5.52. The van der Waals surface area contributed by atoms with Crippen LogP contribution in [0.2, 0.25) is 0 Å². The maximum atomic E-state index is 13.8. The highest BCUT2D eigenvalue weighted by molar-refractivity contribution is 5.51. The van der Waals surface area contributed by atoms with Gasteiger partial charge in [0.2, 0.25) is 0 Å². The van der Waals surface area contributed by atoms with Gasteiger partial charge in [-0.3, -0.25) is 4.85 Å². The Balaban J connectivity index is 2.10. The van der Waals surface area contributed by atoms with Crippen molar-refractivity contribution in [3.05, 3.63) is 35.4 Å². The Morgan fingerprint density at radius 1 is 1.41 bits per heavy atom. The molecule has 1 saturated heterocycles. The molecule has 1 fully saturated rings. The van der Waals surface area contributed by atoms with Gasteiger partial charge in [0.1, 0.15) is 11.6 Å². The van der Waals surface area contributed by atoms with Crippen molar-refractivity contribution >= 4 is 5.69 Å². The predicted molar refractivity (Wildman–Crippen MR) is 63.6 cm³/mol. The molecule has 0 spiro atoms. The summed E-state index contributed by atoms with van der Waals surface area (Å²) in [5.74, 6) is 0.103. The zero-order chi connectivity index (χ0) is 12.1. The number of rotatable bonds is 3. The Bertz CT molecular complexity index is 424. The monoisotopic (exact) mass is 235 g/mol. The summed E-state index contributed by atoms with van der Waals surface area (Å²) in [6, 6.07) is 4.74. The van der Waals surface area contributed by atoms with Crippen LogP contribution >= 0.6 is 0 Å². The minimum absolute atomic E-state index is 0.0770. The number of anilines is 1. The van der Waals surface area contributed by atoms with Crippen LogP contribution in [-0.4, -0.2) is 32.9 Å². The van der Waals surface area contributed by atoms with E-state index in [1.807, 2.05) is 4.90 Å². The number of benzene rings is 1. The third kappa shape index (κ3) is 2.86. The van der Waals surface area contributed by atoms with Crippen LogP contribution in [0.15, 0.2) is 18.2 Å². The van der Waals surface area contributed by atoms with Crippen molar-refractivity contribution < 1.29 is 9.13 Å². The van der Waals surface area contributed by atoms with E-state index in [4.69, 9.17) is 11.3 Å². The number of ether oxygens (including phenoxy) is 1. The molecule has 90 valence electrons. The lowest BCUT2D eigenvalue weighted by atomic mass is 10.2. The van der Waals surface area contributed by atoms with Gasteiger partial charge in [0, 0.05) is 32.2 Å². The van der Waals surface area contributed by atoms with Gasteiger partial charge < -0.3 is 15.0 Å². The minimum atomic E-state index is -0.297. The van der Waals surface area contributed by atoms with Crippen LogP contribution in [0.25, 0.3) is 4.85 Å². The van der Waals surface area contributed by atoms with E-state index in [1.54, 1.807) is 12.1 Å². The normalized spacial score (nSPS) is 15.4. The molecule has 4 nitrogen and oxygen atoms in total. The molecule has 0 aliphatic carbocycles. The van der Waals surface area contributed by atoms with Crippen LogP contribution in [0, 0.1) is 12.4 Å². The minimum Gasteiger partial charge on any atom is -0.426 e. The van der Waals surface area contributed by atoms with Crippen molar-refractivity contribution in [1.29, 1.82) is 0 Å². The zero-order valence-electron chi connectivity index (χ0n) is 9.45. The fourth-order valence-electron chi connectivity index (χ4n) is 1.85. The summed E-state index contributed by atoms with van der Waals surface area (Å²) in [4.78, 5) is 5.06. The van der Waals surface area contributed by atoms with Crippen LogP contribution in [0.3, 0.4) is 0 Å². The highest BCUT2D eigenvalue weighted by Gasteiger charge is 2.14. The van der Waals surface area contributed by atoms with Crippen LogP contribution in [0.1, 0.15) is 0 Å². The SMILES string of the molecule is [C-]#[N+]COc1ccc(N2CCNCC2)c(F)c1. The van der Waals surface area contributed by atoms with E-state index in [9.17, 15) is 4.39 Å². The zero-order valence-corrected chi connectivity index (χ0v) is 9.45. The second kappa shape index (κ2) is 5.51. The Morgan fingerprint density at radius 3 is 2.82 bits per heavy atom. The molecule has 1 aliphatic rings. The molecule has 0 unspecified atom stereocenters. The maximum absolute atomic E-state index is 13.8. The molecule has 5 heteroatoms. The number of hydrogen-bond donors (Lipinski definition) is 1. The van der Waals surface area contributed by atoms with E-state index < -0.39 is 0 Å². The van der Waals surface area contributed by atoms with Gasteiger partial charge in [0.15, 0.2) is 0 Å². The lowest BCUT2D eigenvalue weighted by Crippen LogP contribution is -2.43. The lowest BCUT2D eigenvalue weighted by Gasteiger charge is -2.29. The molecule has 0 radical (unpaired) electrons. The van der Waals surface area contributed by atoms with E-state index in [1.165, 1.54) is 6.07 Å². The molecule has 17 heavy (non-hydrogen) atoms. The van der Waals surface area contributed by atoms with Gasteiger partial charge in [0.25, 0.3) is 0 Å². The van der Waals surface area contributed by atoms with E-state index in [0.29, 0.717) is 11.4 Å². The van der Waals surface area contributed by atoms with Crippen molar-refractivity contribution in [2.24, 2.45) is 0 Å². The standard InChI is InChI=1S/C12H14FN3O/c1-14-9-17-10-2-3-12(11(13)8-10)16-6-4-15-5-7-16/h2-3,8,15H,4-7,9H2. The van der Waals surface area contributed by atoms with Crippen molar-refractivity contribution in [2.45, 2.75) is 0 Å². The summed E-state index contributed by atoms with van der Waals surface area (Å²) >= 11 is 0. The van der Waals surface area contributed by atoms with Crippen molar-refractivity contribution in [3.8, 4) is 5.75 Å². The van der Waals surface area contributed by atoms with Crippen LogP contribution in [0.5, 0.6) is 5.75 Å². The van der Waals surface area contributed by atoms with Crippen LogP contribution < -0.4 is 15.0 Å².